The van der Waals surface area contributed by atoms with Crippen LogP contribution in [0.5, 0.6) is 11.5 Å². The van der Waals surface area contributed by atoms with Crippen LogP contribution in [-0.4, -0.2) is 28.5 Å². The number of aromatic nitrogens is 2. The number of hydrogen-bond acceptors (Lipinski definition) is 5. The first-order valence-electron chi connectivity index (χ1n) is 10.4. The van der Waals surface area contributed by atoms with Gasteiger partial charge >= 0.3 is 6.18 Å². The fraction of sp³-hybridized carbons (Fsp3) is 0.160. The highest BCUT2D eigenvalue weighted by molar-refractivity contribution is 6.10. The normalized spacial score (nSPS) is 13.1. The summed E-state index contributed by atoms with van der Waals surface area (Å²) in [7, 11) is 0. The Hall–Kier alpha value is -4.14. The van der Waals surface area contributed by atoms with E-state index < -0.39 is 23.1 Å². The number of pyridine rings is 2. The second-order valence-electron chi connectivity index (χ2n) is 7.72. The summed E-state index contributed by atoms with van der Waals surface area (Å²) in [5, 5.41) is 0.276. The lowest BCUT2D eigenvalue weighted by molar-refractivity contribution is -0.141. The number of fused-ring (bicyclic) bond motifs is 2. The number of ketones is 1. The standard InChI is InChI=1S/C25H17F3N2O4/c26-25(27,28)22-7-3-4-16(29-22)13-30-14-18(24(32)17-5-1-2-6-19(17)30)23(31)15-8-9-20-21(12-15)34-11-10-33-20/h1-9,12,14H,10-11,13H2. The van der Waals surface area contributed by atoms with E-state index in [0.29, 0.717) is 30.2 Å². The summed E-state index contributed by atoms with van der Waals surface area (Å²) < 4.78 is 51.9. The monoisotopic (exact) mass is 466 g/mol. The Bertz CT molecular complexity index is 1480. The van der Waals surface area contributed by atoms with Gasteiger partial charge in [0.15, 0.2) is 17.3 Å². The van der Waals surface area contributed by atoms with Crippen molar-refractivity contribution in [3.8, 4) is 11.5 Å². The number of rotatable bonds is 4. The average molecular weight is 466 g/mol. The SMILES string of the molecule is O=C(c1ccc2c(c1)OCCO2)c1cn(Cc2cccc(C(F)(F)F)n2)c2ccccc2c1=O. The van der Waals surface area contributed by atoms with Crippen molar-refractivity contribution in [1.82, 2.24) is 9.55 Å². The lowest BCUT2D eigenvalue weighted by Gasteiger charge is -2.19. The zero-order valence-electron chi connectivity index (χ0n) is 17.6. The van der Waals surface area contributed by atoms with Crippen molar-refractivity contribution in [2.24, 2.45) is 0 Å². The van der Waals surface area contributed by atoms with E-state index in [1.165, 1.54) is 24.4 Å². The number of nitrogens with zero attached hydrogens (tertiary/aromatic N) is 2. The molecule has 0 spiro atoms. The Morgan fingerprint density at radius 2 is 1.74 bits per heavy atom. The Balaban J connectivity index is 1.60. The number of para-hydroxylation sites is 1. The zero-order valence-corrected chi connectivity index (χ0v) is 17.6. The Morgan fingerprint density at radius 1 is 0.971 bits per heavy atom. The van der Waals surface area contributed by atoms with Crippen LogP contribution in [-0.2, 0) is 12.7 Å². The molecule has 0 radical (unpaired) electrons. The molecule has 34 heavy (non-hydrogen) atoms. The van der Waals surface area contributed by atoms with Crippen LogP contribution >= 0.6 is 0 Å². The van der Waals surface area contributed by atoms with Gasteiger partial charge in [-0.2, -0.15) is 13.2 Å². The van der Waals surface area contributed by atoms with E-state index in [1.807, 2.05) is 0 Å². The van der Waals surface area contributed by atoms with Crippen LogP contribution in [0.3, 0.4) is 0 Å². The minimum absolute atomic E-state index is 0.0634. The van der Waals surface area contributed by atoms with E-state index in [-0.39, 0.29) is 28.8 Å². The van der Waals surface area contributed by atoms with Crippen LogP contribution in [0, 0.1) is 0 Å². The number of halogens is 3. The molecule has 9 heteroatoms. The predicted octanol–water partition coefficient (Wildman–Crippen LogP) is 4.47. The Morgan fingerprint density at radius 3 is 2.53 bits per heavy atom. The first-order valence-corrected chi connectivity index (χ1v) is 10.4. The van der Waals surface area contributed by atoms with Gasteiger partial charge in [-0.25, -0.2) is 4.98 Å². The third kappa shape index (κ3) is 4.00. The van der Waals surface area contributed by atoms with E-state index in [1.54, 1.807) is 41.0 Å². The van der Waals surface area contributed by atoms with Gasteiger partial charge in [0.05, 0.1) is 23.3 Å². The molecule has 0 fully saturated rings. The van der Waals surface area contributed by atoms with Crippen molar-refractivity contribution in [2.75, 3.05) is 13.2 Å². The maximum absolute atomic E-state index is 13.3. The molecule has 0 atom stereocenters. The van der Waals surface area contributed by atoms with Crippen LogP contribution in [0.2, 0.25) is 0 Å². The van der Waals surface area contributed by atoms with Gasteiger partial charge in [0.25, 0.3) is 0 Å². The molecule has 172 valence electrons. The minimum atomic E-state index is -4.58. The van der Waals surface area contributed by atoms with Crippen LogP contribution in [0.1, 0.15) is 27.3 Å². The molecule has 0 N–H and O–H groups in total. The van der Waals surface area contributed by atoms with Crippen molar-refractivity contribution < 1.29 is 27.4 Å². The lowest BCUT2D eigenvalue weighted by atomic mass is 10.0. The van der Waals surface area contributed by atoms with Gasteiger partial charge in [0, 0.05) is 17.1 Å². The summed E-state index contributed by atoms with van der Waals surface area (Å²) in [5.74, 6) is 0.388. The summed E-state index contributed by atoms with van der Waals surface area (Å²) in [6, 6.07) is 14.9. The molecule has 5 rings (SSSR count). The molecule has 0 unspecified atom stereocenters. The summed E-state index contributed by atoms with van der Waals surface area (Å²) >= 11 is 0. The third-order valence-corrected chi connectivity index (χ3v) is 5.47. The molecule has 1 aliphatic rings. The van der Waals surface area contributed by atoms with Crippen molar-refractivity contribution >= 4 is 16.7 Å². The largest absolute Gasteiger partial charge is 0.486 e. The second kappa shape index (κ2) is 8.33. The van der Waals surface area contributed by atoms with E-state index >= 15 is 0 Å². The highest BCUT2D eigenvalue weighted by Gasteiger charge is 2.32. The number of carbonyl (C=O) groups is 1. The predicted molar refractivity (Wildman–Crippen MR) is 117 cm³/mol. The maximum atomic E-state index is 13.3. The molecular weight excluding hydrogens is 449 g/mol. The van der Waals surface area contributed by atoms with E-state index in [2.05, 4.69) is 4.98 Å². The van der Waals surface area contributed by atoms with Gasteiger partial charge in [-0.15, -0.1) is 0 Å². The maximum Gasteiger partial charge on any atom is 0.433 e. The van der Waals surface area contributed by atoms with Crippen LogP contribution in [0.15, 0.2) is 71.7 Å². The first-order chi connectivity index (χ1) is 16.3. The number of alkyl halides is 3. The minimum Gasteiger partial charge on any atom is -0.486 e. The molecule has 0 saturated carbocycles. The third-order valence-electron chi connectivity index (χ3n) is 5.47. The van der Waals surface area contributed by atoms with Gasteiger partial charge in [0.1, 0.15) is 18.9 Å². The quantitative estimate of drug-likeness (QED) is 0.415. The number of hydrogen-bond donors (Lipinski definition) is 0. The molecular formula is C25H17F3N2O4. The van der Waals surface area contributed by atoms with Gasteiger partial charge in [0.2, 0.25) is 5.43 Å². The topological polar surface area (TPSA) is 70.4 Å². The van der Waals surface area contributed by atoms with E-state index in [9.17, 15) is 22.8 Å². The van der Waals surface area contributed by atoms with Gasteiger partial charge in [-0.1, -0.05) is 18.2 Å². The summed E-state index contributed by atoms with van der Waals surface area (Å²) in [6.45, 7) is 0.683. The molecule has 3 heterocycles. The average Bonchev–Trinajstić information content (AvgIpc) is 2.85. The molecule has 0 amide bonds. The van der Waals surface area contributed by atoms with Gasteiger partial charge in [-0.3, -0.25) is 9.59 Å². The number of ether oxygens (including phenoxy) is 2. The Labute approximate surface area is 191 Å². The highest BCUT2D eigenvalue weighted by Crippen LogP contribution is 2.31. The first kappa shape index (κ1) is 21.7. The van der Waals surface area contributed by atoms with E-state index in [0.717, 1.165) is 6.07 Å². The zero-order chi connectivity index (χ0) is 23.9. The van der Waals surface area contributed by atoms with E-state index in [4.69, 9.17) is 9.47 Å². The lowest BCUT2D eigenvalue weighted by Crippen LogP contribution is -2.21. The van der Waals surface area contributed by atoms with Crippen LogP contribution in [0.25, 0.3) is 10.9 Å². The summed E-state index contributed by atoms with van der Waals surface area (Å²) in [5.41, 5.74) is -0.735. The smallest absolute Gasteiger partial charge is 0.433 e. The molecule has 4 aromatic rings. The van der Waals surface area contributed by atoms with Crippen molar-refractivity contribution in [3.63, 3.8) is 0 Å². The van der Waals surface area contributed by atoms with Crippen LogP contribution in [0.4, 0.5) is 13.2 Å². The van der Waals surface area contributed by atoms with Crippen molar-refractivity contribution in [1.29, 1.82) is 0 Å². The molecule has 2 aromatic heterocycles. The molecule has 1 aliphatic heterocycles. The highest BCUT2D eigenvalue weighted by atomic mass is 19.4. The molecule has 0 bridgehead atoms. The van der Waals surface area contributed by atoms with Crippen LogP contribution < -0.4 is 14.9 Å². The number of benzene rings is 2. The summed E-state index contributed by atoms with van der Waals surface area (Å²) in [4.78, 5) is 30.2. The Kier molecular flexibility index (Phi) is 5.31. The summed E-state index contributed by atoms with van der Waals surface area (Å²) in [6.07, 6.45) is -3.22. The van der Waals surface area contributed by atoms with Gasteiger partial charge in [-0.05, 0) is 42.5 Å². The molecule has 0 aliphatic carbocycles. The fourth-order valence-corrected chi connectivity index (χ4v) is 3.88. The van der Waals surface area contributed by atoms with Crippen molar-refractivity contribution in [2.45, 2.75) is 12.7 Å². The number of carbonyl (C=O) groups excluding carboxylic acids is 1. The molecule has 6 nitrogen and oxygen atoms in total. The fourth-order valence-electron chi connectivity index (χ4n) is 3.88. The second-order valence-corrected chi connectivity index (χ2v) is 7.72. The van der Waals surface area contributed by atoms with Gasteiger partial charge < -0.3 is 14.0 Å². The molecule has 2 aromatic carbocycles. The van der Waals surface area contributed by atoms with Crippen molar-refractivity contribution in [3.05, 3.63) is 99.6 Å². The molecule has 0 saturated heterocycles.